The van der Waals surface area contributed by atoms with Crippen LogP contribution in [0.2, 0.25) is 0 Å². The summed E-state index contributed by atoms with van der Waals surface area (Å²) in [5.41, 5.74) is 1.23. The van der Waals surface area contributed by atoms with E-state index in [1.54, 1.807) is 0 Å². The van der Waals surface area contributed by atoms with Gasteiger partial charge in [0.25, 0.3) is 0 Å². The van der Waals surface area contributed by atoms with E-state index >= 15 is 0 Å². The Labute approximate surface area is 147 Å². The van der Waals surface area contributed by atoms with E-state index in [4.69, 9.17) is 0 Å². The number of aromatic nitrogens is 1. The number of hydrogen-bond donors (Lipinski definition) is 1. The first kappa shape index (κ1) is 16.9. The smallest absolute Gasteiger partial charge is 0.223 e. The molecule has 23 heavy (non-hydrogen) atoms. The van der Waals surface area contributed by atoms with E-state index in [2.05, 4.69) is 37.2 Å². The first-order valence-electron chi connectivity index (χ1n) is 8.83. The van der Waals surface area contributed by atoms with Crippen LogP contribution in [-0.2, 0) is 11.3 Å². The molecule has 0 aromatic carbocycles. The third kappa shape index (κ3) is 5.01. The summed E-state index contributed by atoms with van der Waals surface area (Å²) in [6.07, 6.45) is 11.9. The molecule has 0 bridgehead atoms. The molecule has 1 amide bonds. The van der Waals surface area contributed by atoms with Gasteiger partial charge in [-0.15, -0.1) is 0 Å². The Morgan fingerprint density at radius 2 is 1.91 bits per heavy atom. The lowest BCUT2D eigenvalue weighted by Gasteiger charge is -2.32. The molecule has 126 valence electrons. The average Bonchev–Trinajstić information content (AvgIpc) is 2.56. The van der Waals surface area contributed by atoms with Gasteiger partial charge < -0.3 is 5.32 Å². The number of nitrogens with one attached hydrogen (secondary N) is 1. The third-order valence-electron chi connectivity index (χ3n) is 5.08. The Hall–Kier alpha value is -0.940. The van der Waals surface area contributed by atoms with Gasteiger partial charge in [-0.2, -0.15) is 0 Å². The molecule has 2 heterocycles. The van der Waals surface area contributed by atoms with E-state index in [-0.39, 0.29) is 5.92 Å². The number of carbonyl (C=O) groups excluding carboxylic acids is 1. The highest BCUT2D eigenvalue weighted by Crippen LogP contribution is 2.22. The number of amides is 1. The first-order valence-corrected chi connectivity index (χ1v) is 9.62. The van der Waals surface area contributed by atoms with Crippen molar-refractivity contribution in [2.24, 2.45) is 5.92 Å². The molecule has 0 spiro atoms. The van der Waals surface area contributed by atoms with Crippen LogP contribution in [0, 0.1) is 5.92 Å². The van der Waals surface area contributed by atoms with Gasteiger partial charge in [-0.1, -0.05) is 19.3 Å². The summed E-state index contributed by atoms with van der Waals surface area (Å²) < 4.78 is 1.02. The van der Waals surface area contributed by atoms with Gasteiger partial charge >= 0.3 is 0 Å². The Morgan fingerprint density at radius 1 is 1.17 bits per heavy atom. The number of halogens is 1. The van der Waals surface area contributed by atoms with Gasteiger partial charge in [-0.25, -0.2) is 0 Å². The molecule has 1 aromatic rings. The molecular weight excluding hydrogens is 354 g/mol. The minimum atomic E-state index is 0.203. The van der Waals surface area contributed by atoms with Crippen LogP contribution in [0.1, 0.15) is 50.5 Å². The molecule has 1 aliphatic carbocycles. The molecule has 3 rings (SSSR count). The van der Waals surface area contributed by atoms with Crippen LogP contribution in [0.3, 0.4) is 0 Å². The number of piperidine rings is 1. The summed E-state index contributed by atoms with van der Waals surface area (Å²) in [5, 5.41) is 3.29. The zero-order valence-electron chi connectivity index (χ0n) is 13.6. The maximum absolute atomic E-state index is 12.4. The fourth-order valence-corrected chi connectivity index (χ4v) is 4.13. The average molecular weight is 380 g/mol. The van der Waals surface area contributed by atoms with Gasteiger partial charge in [-0.3, -0.25) is 14.7 Å². The van der Waals surface area contributed by atoms with Crippen molar-refractivity contribution >= 4 is 21.8 Å². The second-order valence-electron chi connectivity index (χ2n) is 6.91. The van der Waals surface area contributed by atoms with Crippen molar-refractivity contribution in [2.45, 2.75) is 57.5 Å². The van der Waals surface area contributed by atoms with Crippen molar-refractivity contribution in [2.75, 3.05) is 13.1 Å². The first-order chi connectivity index (χ1) is 11.2. The van der Waals surface area contributed by atoms with Gasteiger partial charge in [0.2, 0.25) is 5.91 Å². The molecule has 5 heteroatoms. The van der Waals surface area contributed by atoms with Gasteiger partial charge in [0.15, 0.2) is 0 Å². The number of pyridine rings is 1. The van der Waals surface area contributed by atoms with Gasteiger partial charge in [0.05, 0.1) is 0 Å². The van der Waals surface area contributed by atoms with E-state index in [9.17, 15) is 4.79 Å². The third-order valence-corrected chi connectivity index (χ3v) is 5.51. The Balaban J connectivity index is 1.43. The predicted octanol–water partition coefficient (Wildman–Crippen LogP) is 3.51. The highest BCUT2D eigenvalue weighted by molar-refractivity contribution is 9.10. The molecule has 1 aromatic heterocycles. The van der Waals surface area contributed by atoms with Gasteiger partial charge in [-0.05, 0) is 66.3 Å². The van der Waals surface area contributed by atoms with Gasteiger partial charge in [0, 0.05) is 35.4 Å². The molecule has 0 unspecified atom stereocenters. The lowest BCUT2D eigenvalue weighted by Crippen LogP contribution is -2.44. The van der Waals surface area contributed by atoms with E-state index in [0.29, 0.717) is 11.9 Å². The van der Waals surface area contributed by atoms with Crippen molar-refractivity contribution in [1.82, 2.24) is 15.2 Å². The van der Waals surface area contributed by atoms with E-state index in [1.807, 2.05) is 12.4 Å². The summed E-state index contributed by atoms with van der Waals surface area (Å²) in [6.45, 7) is 2.91. The van der Waals surface area contributed by atoms with E-state index in [1.165, 1.54) is 37.7 Å². The van der Waals surface area contributed by atoms with Crippen LogP contribution >= 0.6 is 15.9 Å². The standard InChI is InChI=1S/C18H26BrN3O/c19-16-10-14(11-20-12-16)13-22-8-6-15(7-9-22)18(23)21-17-4-2-1-3-5-17/h10-12,15,17H,1-9,13H2,(H,21,23). The minimum absolute atomic E-state index is 0.203. The second-order valence-corrected chi connectivity index (χ2v) is 7.82. The summed E-state index contributed by atoms with van der Waals surface area (Å²) in [4.78, 5) is 19.1. The number of rotatable bonds is 4. The zero-order valence-corrected chi connectivity index (χ0v) is 15.2. The van der Waals surface area contributed by atoms with Crippen molar-refractivity contribution in [3.8, 4) is 0 Å². The van der Waals surface area contributed by atoms with E-state index in [0.717, 1.165) is 36.9 Å². The summed E-state index contributed by atoms with van der Waals surface area (Å²) in [6, 6.07) is 2.55. The number of carbonyl (C=O) groups is 1. The molecule has 4 nitrogen and oxygen atoms in total. The number of nitrogens with zero attached hydrogens (tertiary/aromatic N) is 2. The lowest BCUT2D eigenvalue weighted by atomic mass is 9.92. The predicted molar refractivity (Wildman–Crippen MR) is 95.0 cm³/mol. The van der Waals surface area contributed by atoms with Crippen LogP contribution in [0.25, 0.3) is 0 Å². The molecule has 0 radical (unpaired) electrons. The van der Waals surface area contributed by atoms with Gasteiger partial charge in [0.1, 0.15) is 0 Å². The maximum atomic E-state index is 12.4. The molecule has 0 atom stereocenters. The van der Waals surface area contributed by atoms with Crippen molar-refractivity contribution in [3.63, 3.8) is 0 Å². The Kier molecular flexibility index (Phi) is 6.06. The summed E-state index contributed by atoms with van der Waals surface area (Å²) in [7, 11) is 0. The molecule has 2 fully saturated rings. The zero-order chi connectivity index (χ0) is 16.1. The molecule has 1 saturated carbocycles. The summed E-state index contributed by atoms with van der Waals surface area (Å²) in [5.74, 6) is 0.495. The maximum Gasteiger partial charge on any atom is 0.223 e. The largest absolute Gasteiger partial charge is 0.353 e. The molecule has 1 N–H and O–H groups in total. The van der Waals surface area contributed by atoms with Crippen LogP contribution in [0.4, 0.5) is 0 Å². The van der Waals surface area contributed by atoms with Crippen LogP contribution in [0.5, 0.6) is 0 Å². The van der Waals surface area contributed by atoms with Crippen molar-refractivity contribution < 1.29 is 4.79 Å². The van der Waals surface area contributed by atoms with Crippen LogP contribution < -0.4 is 5.32 Å². The minimum Gasteiger partial charge on any atom is -0.353 e. The molecule has 1 saturated heterocycles. The normalized spacial score (nSPS) is 21.3. The fourth-order valence-electron chi connectivity index (χ4n) is 3.72. The highest BCUT2D eigenvalue weighted by Gasteiger charge is 2.26. The van der Waals surface area contributed by atoms with Crippen LogP contribution in [0.15, 0.2) is 22.9 Å². The van der Waals surface area contributed by atoms with Crippen LogP contribution in [-0.4, -0.2) is 34.9 Å². The monoisotopic (exact) mass is 379 g/mol. The van der Waals surface area contributed by atoms with Crippen molar-refractivity contribution in [3.05, 3.63) is 28.5 Å². The summed E-state index contributed by atoms with van der Waals surface area (Å²) >= 11 is 3.47. The van der Waals surface area contributed by atoms with E-state index < -0.39 is 0 Å². The number of likely N-dealkylation sites (tertiary alicyclic amines) is 1. The molecule has 2 aliphatic rings. The van der Waals surface area contributed by atoms with Crippen molar-refractivity contribution in [1.29, 1.82) is 0 Å². The lowest BCUT2D eigenvalue weighted by molar-refractivity contribution is -0.127. The highest BCUT2D eigenvalue weighted by atomic mass is 79.9. The molecule has 1 aliphatic heterocycles. The number of hydrogen-bond acceptors (Lipinski definition) is 3. The Morgan fingerprint density at radius 3 is 2.61 bits per heavy atom. The SMILES string of the molecule is O=C(NC1CCCCC1)C1CCN(Cc2cncc(Br)c2)CC1. The quantitative estimate of drug-likeness (QED) is 0.870. The topological polar surface area (TPSA) is 45.2 Å². The second kappa shape index (κ2) is 8.25. The fraction of sp³-hybridized carbons (Fsp3) is 0.667. The molecular formula is C18H26BrN3O. The Bertz CT molecular complexity index is 523.